The molecule has 0 fully saturated rings. The van der Waals surface area contributed by atoms with Gasteiger partial charge in [-0.3, -0.25) is 15.1 Å². The number of anilines is 1. The molecule has 1 aromatic rings. The van der Waals surface area contributed by atoms with Gasteiger partial charge in [-0.25, -0.2) is 10.6 Å². The minimum absolute atomic E-state index is 0.0891. The summed E-state index contributed by atoms with van der Waals surface area (Å²) >= 11 is 11.8. The van der Waals surface area contributed by atoms with E-state index in [2.05, 4.69) is 4.74 Å². The summed E-state index contributed by atoms with van der Waals surface area (Å²) in [7, 11) is 0. The maximum Gasteiger partial charge on any atom is 0.414 e. The predicted molar refractivity (Wildman–Crippen MR) is 82.0 cm³/mol. The molecule has 0 aliphatic carbocycles. The number of alkyl carbamates (subject to hydrolysis) is 1. The van der Waals surface area contributed by atoms with E-state index < -0.39 is 17.6 Å². The first kappa shape index (κ1) is 17.8. The van der Waals surface area contributed by atoms with Crippen LogP contribution >= 0.6 is 23.2 Å². The monoisotopic (exact) mass is 342 g/mol. The number of rotatable bonds is 4. The standard InChI is InChI=1S/C13H12Cl2N4O3/c1-2-22-13(21)18-12(20)8(6-16)7-19(17)11-5-9(14)3-4-10(11)15/h3-5,7H,2,17H2,1H3,(H,18,20,21)/b8-7-. The maximum absolute atomic E-state index is 11.7. The van der Waals surface area contributed by atoms with Crippen molar-refractivity contribution < 1.29 is 14.3 Å². The van der Waals surface area contributed by atoms with Crippen LogP contribution in [0.15, 0.2) is 30.0 Å². The fourth-order valence-electron chi connectivity index (χ4n) is 1.36. The molecule has 0 radical (unpaired) electrons. The lowest BCUT2D eigenvalue weighted by molar-refractivity contribution is -0.116. The van der Waals surface area contributed by atoms with Gasteiger partial charge in [0.1, 0.15) is 11.6 Å². The van der Waals surface area contributed by atoms with Gasteiger partial charge in [-0.1, -0.05) is 23.2 Å². The molecule has 2 amide bonds. The minimum atomic E-state index is -0.960. The molecule has 0 atom stereocenters. The Morgan fingerprint density at radius 1 is 1.50 bits per heavy atom. The van der Waals surface area contributed by atoms with Gasteiger partial charge in [0.2, 0.25) is 0 Å². The number of hydrazine groups is 1. The number of nitrogens with zero attached hydrogens (tertiary/aromatic N) is 2. The third-order valence-corrected chi connectivity index (χ3v) is 2.87. The quantitative estimate of drug-likeness (QED) is 0.376. The number of nitrogens with two attached hydrogens (primary N) is 1. The second-order valence-corrected chi connectivity index (χ2v) is 4.68. The lowest BCUT2D eigenvalue weighted by Crippen LogP contribution is -2.34. The Kier molecular flexibility index (Phi) is 6.66. The maximum atomic E-state index is 11.7. The van der Waals surface area contributed by atoms with Crippen LogP contribution in [-0.2, 0) is 9.53 Å². The lowest BCUT2D eigenvalue weighted by Gasteiger charge is -2.16. The first-order valence-electron chi connectivity index (χ1n) is 5.98. The van der Waals surface area contributed by atoms with E-state index in [1.807, 2.05) is 5.32 Å². The number of halogens is 2. The molecule has 22 heavy (non-hydrogen) atoms. The molecule has 3 N–H and O–H groups in total. The van der Waals surface area contributed by atoms with E-state index in [0.29, 0.717) is 5.02 Å². The summed E-state index contributed by atoms with van der Waals surface area (Å²) < 4.78 is 4.54. The Balaban J connectivity index is 2.96. The highest BCUT2D eigenvalue weighted by Gasteiger charge is 2.15. The molecule has 116 valence electrons. The number of nitrogens with one attached hydrogen (secondary N) is 1. The molecule has 1 rings (SSSR count). The van der Waals surface area contributed by atoms with E-state index in [0.717, 1.165) is 11.2 Å². The second kappa shape index (κ2) is 8.24. The van der Waals surface area contributed by atoms with Crippen molar-refractivity contribution in [1.29, 1.82) is 5.26 Å². The van der Waals surface area contributed by atoms with Gasteiger partial charge >= 0.3 is 6.09 Å². The molecule has 0 saturated heterocycles. The Hall–Kier alpha value is -2.27. The zero-order valence-corrected chi connectivity index (χ0v) is 13.0. The third-order valence-electron chi connectivity index (χ3n) is 2.31. The summed E-state index contributed by atoms with van der Waals surface area (Å²) in [5.74, 6) is 4.79. The van der Waals surface area contributed by atoms with Crippen molar-refractivity contribution in [3.05, 3.63) is 40.0 Å². The molecular weight excluding hydrogens is 331 g/mol. The van der Waals surface area contributed by atoms with Gasteiger partial charge in [-0.15, -0.1) is 0 Å². The van der Waals surface area contributed by atoms with E-state index in [1.54, 1.807) is 19.1 Å². The van der Waals surface area contributed by atoms with Crippen LogP contribution in [0.5, 0.6) is 0 Å². The van der Waals surface area contributed by atoms with Crippen molar-refractivity contribution in [2.45, 2.75) is 6.92 Å². The number of imide groups is 1. The summed E-state index contributed by atoms with van der Waals surface area (Å²) in [4.78, 5) is 22.9. The molecule has 0 bridgehead atoms. The van der Waals surface area contributed by atoms with Crippen molar-refractivity contribution in [2.75, 3.05) is 11.6 Å². The van der Waals surface area contributed by atoms with Gasteiger partial charge in [0.05, 0.1) is 17.3 Å². The predicted octanol–water partition coefficient (Wildman–Crippen LogP) is 2.35. The molecule has 0 aliphatic heterocycles. The fraction of sp³-hybridized carbons (Fsp3) is 0.154. The molecule has 9 heteroatoms. The number of hydrogen-bond acceptors (Lipinski definition) is 6. The Bertz CT molecular complexity index is 655. The van der Waals surface area contributed by atoms with E-state index in [9.17, 15) is 9.59 Å². The molecule has 7 nitrogen and oxygen atoms in total. The van der Waals surface area contributed by atoms with Gasteiger partial charge in [0, 0.05) is 11.2 Å². The molecule has 0 aliphatic rings. The van der Waals surface area contributed by atoms with Crippen molar-refractivity contribution in [3.8, 4) is 6.07 Å². The van der Waals surface area contributed by atoms with E-state index in [-0.39, 0.29) is 17.3 Å². The summed E-state index contributed by atoms with van der Waals surface area (Å²) in [6.07, 6.45) is 0.0598. The van der Waals surface area contributed by atoms with Gasteiger partial charge < -0.3 is 4.74 Å². The molecule has 0 aromatic heterocycles. The third kappa shape index (κ3) is 4.93. The topological polar surface area (TPSA) is 108 Å². The summed E-state index contributed by atoms with van der Waals surface area (Å²) in [6, 6.07) is 6.16. The van der Waals surface area contributed by atoms with Crippen LogP contribution in [0.3, 0.4) is 0 Å². The summed E-state index contributed by atoms with van der Waals surface area (Å²) in [6.45, 7) is 1.67. The van der Waals surface area contributed by atoms with E-state index in [1.165, 1.54) is 12.1 Å². The van der Waals surface area contributed by atoms with Gasteiger partial charge in [-0.05, 0) is 25.1 Å². The smallest absolute Gasteiger partial charge is 0.414 e. The average molecular weight is 343 g/mol. The number of ether oxygens (including phenoxy) is 1. The van der Waals surface area contributed by atoms with Crippen LogP contribution in [0, 0.1) is 11.3 Å². The van der Waals surface area contributed by atoms with Gasteiger partial charge in [-0.2, -0.15) is 5.26 Å². The molecule has 0 unspecified atom stereocenters. The highest BCUT2D eigenvalue weighted by molar-refractivity contribution is 6.35. The van der Waals surface area contributed by atoms with Crippen molar-refractivity contribution in [2.24, 2.45) is 5.84 Å². The molecule has 0 saturated carbocycles. The number of carbonyl (C=O) groups is 2. The first-order valence-corrected chi connectivity index (χ1v) is 6.73. The average Bonchev–Trinajstić information content (AvgIpc) is 2.47. The van der Waals surface area contributed by atoms with Crippen LogP contribution in [0.25, 0.3) is 0 Å². The zero-order valence-electron chi connectivity index (χ0n) is 11.5. The normalized spacial score (nSPS) is 10.6. The van der Waals surface area contributed by atoms with E-state index in [4.69, 9.17) is 34.3 Å². The summed E-state index contributed by atoms with van der Waals surface area (Å²) in [5.41, 5.74) is -0.127. The summed E-state index contributed by atoms with van der Waals surface area (Å²) in [5, 5.41) is 12.5. The van der Waals surface area contributed by atoms with E-state index >= 15 is 0 Å². The van der Waals surface area contributed by atoms with Crippen molar-refractivity contribution in [1.82, 2.24) is 5.32 Å². The zero-order chi connectivity index (χ0) is 16.7. The molecular formula is C13H12Cl2N4O3. The molecule has 0 spiro atoms. The van der Waals surface area contributed by atoms with Crippen molar-refractivity contribution >= 4 is 40.9 Å². The Morgan fingerprint density at radius 3 is 2.77 bits per heavy atom. The van der Waals surface area contributed by atoms with Gasteiger partial charge in [0.25, 0.3) is 5.91 Å². The molecule has 1 aromatic carbocycles. The van der Waals surface area contributed by atoms with Crippen LogP contribution in [0.2, 0.25) is 10.0 Å². The lowest BCUT2D eigenvalue weighted by atomic mass is 10.2. The number of hydrogen-bond donors (Lipinski definition) is 2. The van der Waals surface area contributed by atoms with Crippen LogP contribution < -0.4 is 16.2 Å². The largest absolute Gasteiger partial charge is 0.450 e. The molecule has 0 heterocycles. The number of benzene rings is 1. The minimum Gasteiger partial charge on any atom is -0.450 e. The van der Waals surface area contributed by atoms with Crippen LogP contribution in [0.1, 0.15) is 6.92 Å². The van der Waals surface area contributed by atoms with Crippen molar-refractivity contribution in [3.63, 3.8) is 0 Å². The van der Waals surface area contributed by atoms with Crippen LogP contribution in [0.4, 0.5) is 10.5 Å². The Morgan fingerprint density at radius 2 is 2.18 bits per heavy atom. The second-order valence-electron chi connectivity index (χ2n) is 3.83. The number of amides is 2. The Labute approximate surface area is 136 Å². The highest BCUT2D eigenvalue weighted by Crippen LogP contribution is 2.27. The number of carbonyl (C=O) groups excluding carboxylic acids is 2. The SMILES string of the molecule is CCOC(=O)NC(=O)/C(C#N)=C\N(N)c1cc(Cl)ccc1Cl. The highest BCUT2D eigenvalue weighted by atomic mass is 35.5. The fourth-order valence-corrected chi connectivity index (χ4v) is 1.74. The first-order chi connectivity index (χ1) is 10.4. The van der Waals surface area contributed by atoms with Gasteiger partial charge in [0.15, 0.2) is 0 Å². The van der Waals surface area contributed by atoms with Crippen LogP contribution in [-0.4, -0.2) is 18.6 Å². The number of nitriles is 1.